The van der Waals surface area contributed by atoms with Crippen molar-refractivity contribution in [1.29, 1.82) is 0 Å². The average Bonchev–Trinajstić information content (AvgIpc) is 3.03. The minimum Gasteiger partial charge on any atom is -0.490 e. The third-order valence-electron chi connectivity index (χ3n) is 5.35. The van der Waals surface area contributed by atoms with E-state index in [9.17, 15) is 14.7 Å². The maximum absolute atomic E-state index is 13.5. The lowest BCUT2D eigenvalue weighted by Crippen LogP contribution is -2.32. The zero-order valence-electron chi connectivity index (χ0n) is 17.8. The molecule has 2 aromatic carbocycles. The molecule has 1 aliphatic rings. The Morgan fingerprint density at radius 3 is 2.48 bits per heavy atom. The summed E-state index contributed by atoms with van der Waals surface area (Å²) >= 11 is 0. The van der Waals surface area contributed by atoms with Crippen LogP contribution in [0.25, 0.3) is 11.0 Å². The number of hydrogen-bond acceptors (Lipinski definition) is 6. The van der Waals surface area contributed by atoms with Crippen molar-refractivity contribution in [2.45, 2.75) is 26.8 Å². The molecular formula is C24H25NO6. The first-order valence-corrected chi connectivity index (χ1v) is 10.4. The van der Waals surface area contributed by atoms with E-state index in [2.05, 4.69) is 0 Å². The molecule has 1 atom stereocenters. The van der Waals surface area contributed by atoms with Gasteiger partial charge in [0.15, 0.2) is 16.9 Å². The van der Waals surface area contributed by atoms with Crippen LogP contribution in [0.5, 0.6) is 11.5 Å². The fourth-order valence-corrected chi connectivity index (χ4v) is 4.06. The lowest BCUT2D eigenvalue weighted by molar-refractivity contribution is 0.0691. The summed E-state index contributed by atoms with van der Waals surface area (Å²) in [6.45, 7) is 6.41. The zero-order valence-corrected chi connectivity index (χ0v) is 17.8. The maximum atomic E-state index is 13.5. The molecule has 7 heteroatoms. The normalized spacial score (nSPS) is 15.4. The fourth-order valence-electron chi connectivity index (χ4n) is 4.06. The van der Waals surface area contributed by atoms with Crippen LogP contribution in [-0.4, -0.2) is 42.3 Å². The first-order valence-electron chi connectivity index (χ1n) is 10.4. The largest absolute Gasteiger partial charge is 0.490 e. The second-order valence-corrected chi connectivity index (χ2v) is 7.37. The van der Waals surface area contributed by atoms with Gasteiger partial charge in [-0.15, -0.1) is 0 Å². The summed E-state index contributed by atoms with van der Waals surface area (Å²) in [7, 11) is 0. The third kappa shape index (κ3) is 3.55. The molecule has 1 aliphatic heterocycles. The summed E-state index contributed by atoms with van der Waals surface area (Å²) in [5, 5.41) is 10.0. The standard InChI is InChI=1S/C24H25NO6/c1-4-29-18-9-7-15(13-19(18)30-5-2)21-20-22(27)16-12-14(3)6-8-17(16)31-23(20)24(28)25(21)10-11-26/h6-9,12-13,21,26H,4-5,10-11H2,1-3H3/t21-/m0/s1. The maximum Gasteiger partial charge on any atom is 0.290 e. The molecule has 1 aromatic heterocycles. The van der Waals surface area contributed by atoms with Crippen LogP contribution in [0.3, 0.4) is 0 Å². The Bertz CT molecular complexity index is 1200. The van der Waals surface area contributed by atoms with Gasteiger partial charge in [-0.2, -0.15) is 0 Å². The summed E-state index contributed by atoms with van der Waals surface area (Å²) in [6, 6.07) is 9.98. The van der Waals surface area contributed by atoms with Crippen LogP contribution in [0.1, 0.15) is 47.1 Å². The molecule has 1 N–H and O–H groups in total. The van der Waals surface area contributed by atoms with Gasteiger partial charge in [0.05, 0.1) is 36.8 Å². The molecule has 0 saturated heterocycles. The summed E-state index contributed by atoms with van der Waals surface area (Å²) in [6.07, 6.45) is 0. The fraction of sp³-hybridized carbons (Fsp3) is 0.333. The average molecular weight is 423 g/mol. The third-order valence-corrected chi connectivity index (χ3v) is 5.35. The van der Waals surface area contributed by atoms with Crippen molar-refractivity contribution in [3.05, 3.63) is 69.1 Å². The molecule has 0 spiro atoms. The van der Waals surface area contributed by atoms with Gasteiger partial charge in [0.1, 0.15) is 5.58 Å². The molecule has 3 aromatic rings. The van der Waals surface area contributed by atoms with Crippen LogP contribution in [0.4, 0.5) is 0 Å². The molecule has 4 rings (SSSR count). The number of nitrogens with zero attached hydrogens (tertiary/aromatic N) is 1. The van der Waals surface area contributed by atoms with E-state index < -0.39 is 11.9 Å². The predicted octanol–water partition coefficient (Wildman–Crippen LogP) is 3.44. The van der Waals surface area contributed by atoms with Crippen LogP contribution in [-0.2, 0) is 0 Å². The van der Waals surface area contributed by atoms with Crippen molar-refractivity contribution in [3.8, 4) is 11.5 Å². The van der Waals surface area contributed by atoms with Crippen molar-refractivity contribution in [2.75, 3.05) is 26.4 Å². The summed E-state index contributed by atoms with van der Waals surface area (Å²) in [5.74, 6) is 0.729. The minimum absolute atomic E-state index is 0.0200. The molecular weight excluding hydrogens is 398 g/mol. The Morgan fingerprint density at radius 1 is 1.03 bits per heavy atom. The Kier molecular flexibility index (Phi) is 5.69. The molecule has 0 bridgehead atoms. The molecule has 7 nitrogen and oxygen atoms in total. The number of β-amino-alcohol motifs (C(OH)–C–C–N with tert-alkyl or cyclic N) is 1. The van der Waals surface area contributed by atoms with Crippen molar-refractivity contribution < 1.29 is 23.8 Å². The summed E-state index contributed by atoms with van der Waals surface area (Å²) in [5.41, 5.74) is 2.02. The number of fused-ring (bicyclic) bond motifs is 2. The molecule has 0 radical (unpaired) electrons. The quantitative estimate of drug-likeness (QED) is 0.626. The zero-order chi connectivity index (χ0) is 22.1. The van der Waals surface area contributed by atoms with Gasteiger partial charge in [-0.25, -0.2) is 0 Å². The summed E-state index contributed by atoms with van der Waals surface area (Å²) < 4.78 is 17.3. The van der Waals surface area contributed by atoms with Gasteiger partial charge in [0, 0.05) is 6.54 Å². The molecule has 1 amide bonds. The van der Waals surface area contributed by atoms with E-state index in [1.54, 1.807) is 24.3 Å². The van der Waals surface area contributed by atoms with Crippen molar-refractivity contribution in [3.63, 3.8) is 0 Å². The molecule has 0 aliphatic carbocycles. The highest BCUT2D eigenvalue weighted by Crippen LogP contribution is 2.40. The van der Waals surface area contributed by atoms with Crippen LogP contribution >= 0.6 is 0 Å². The Morgan fingerprint density at radius 2 is 1.77 bits per heavy atom. The van der Waals surface area contributed by atoms with Crippen molar-refractivity contribution in [1.82, 2.24) is 4.90 Å². The lowest BCUT2D eigenvalue weighted by Gasteiger charge is -2.25. The van der Waals surface area contributed by atoms with Crippen LogP contribution in [0.15, 0.2) is 45.6 Å². The Balaban J connectivity index is 1.94. The van der Waals surface area contributed by atoms with Crippen molar-refractivity contribution in [2.24, 2.45) is 0 Å². The Hall–Kier alpha value is -3.32. The monoisotopic (exact) mass is 423 g/mol. The molecule has 0 fully saturated rings. The number of carbonyl (C=O) groups excluding carboxylic acids is 1. The van der Waals surface area contributed by atoms with Gasteiger partial charge < -0.3 is 23.9 Å². The highest BCUT2D eigenvalue weighted by molar-refractivity contribution is 5.99. The number of amides is 1. The smallest absolute Gasteiger partial charge is 0.290 e. The number of aryl methyl sites for hydroxylation is 1. The SMILES string of the molecule is CCOc1ccc([C@H]2c3c(oc4ccc(C)cc4c3=O)C(=O)N2CCO)cc1OCC. The van der Waals surface area contributed by atoms with Gasteiger partial charge in [-0.1, -0.05) is 17.7 Å². The van der Waals surface area contributed by atoms with E-state index in [0.717, 1.165) is 5.56 Å². The molecule has 0 saturated carbocycles. The molecule has 31 heavy (non-hydrogen) atoms. The molecule has 2 heterocycles. The topological polar surface area (TPSA) is 89.2 Å². The van der Waals surface area contributed by atoms with Crippen LogP contribution in [0, 0.1) is 6.92 Å². The number of benzene rings is 2. The minimum atomic E-state index is -0.689. The molecule has 0 unspecified atom stereocenters. The predicted molar refractivity (Wildman–Crippen MR) is 116 cm³/mol. The first-order chi connectivity index (χ1) is 15.0. The lowest BCUT2D eigenvalue weighted by atomic mass is 9.97. The second-order valence-electron chi connectivity index (χ2n) is 7.37. The van der Waals surface area contributed by atoms with Crippen LogP contribution < -0.4 is 14.9 Å². The number of ether oxygens (including phenoxy) is 2. The van der Waals surface area contributed by atoms with E-state index in [1.807, 2.05) is 32.9 Å². The van der Waals surface area contributed by atoms with E-state index >= 15 is 0 Å². The van der Waals surface area contributed by atoms with E-state index in [1.165, 1.54) is 4.90 Å². The first kappa shape index (κ1) is 20.9. The van der Waals surface area contributed by atoms with Gasteiger partial charge in [0.2, 0.25) is 5.76 Å². The number of hydrogen-bond donors (Lipinski definition) is 1. The number of aliphatic hydroxyl groups excluding tert-OH is 1. The van der Waals surface area contributed by atoms with Gasteiger partial charge >= 0.3 is 0 Å². The highest BCUT2D eigenvalue weighted by atomic mass is 16.5. The van der Waals surface area contributed by atoms with Crippen molar-refractivity contribution >= 4 is 16.9 Å². The van der Waals surface area contributed by atoms with E-state index in [-0.39, 0.29) is 29.9 Å². The number of carbonyl (C=O) groups is 1. The van der Waals surface area contributed by atoms with Gasteiger partial charge in [0.25, 0.3) is 5.91 Å². The number of aliphatic hydroxyl groups is 1. The molecule has 162 valence electrons. The number of rotatable bonds is 7. The highest BCUT2D eigenvalue weighted by Gasteiger charge is 2.42. The van der Waals surface area contributed by atoms with Gasteiger partial charge in [-0.05, 0) is 50.6 Å². The second kappa shape index (κ2) is 8.43. The summed E-state index contributed by atoms with van der Waals surface area (Å²) in [4.78, 5) is 28.1. The van der Waals surface area contributed by atoms with Gasteiger partial charge in [-0.3, -0.25) is 9.59 Å². The van der Waals surface area contributed by atoms with E-state index in [0.29, 0.717) is 41.2 Å². The Labute approximate surface area is 179 Å². The van der Waals surface area contributed by atoms with E-state index in [4.69, 9.17) is 13.9 Å². The van der Waals surface area contributed by atoms with Crippen LogP contribution in [0.2, 0.25) is 0 Å².